The summed E-state index contributed by atoms with van der Waals surface area (Å²) in [5.41, 5.74) is 4.26. The molecule has 0 amide bonds. The molecule has 2 aromatic rings. The number of rotatable bonds is 1. The van der Waals surface area contributed by atoms with Gasteiger partial charge in [-0.1, -0.05) is 19.1 Å². The maximum Gasteiger partial charge on any atom is 0.0627 e. The van der Waals surface area contributed by atoms with Crippen molar-refractivity contribution in [3.63, 3.8) is 0 Å². The molecule has 2 N–H and O–H groups in total. The molecule has 1 aromatic carbocycles. The first-order valence-corrected chi connectivity index (χ1v) is 7.39. The minimum atomic E-state index is 0.103. The monoisotopic (exact) mass is 265 g/mol. The van der Waals surface area contributed by atoms with E-state index in [-0.39, 0.29) is 5.41 Å². The van der Waals surface area contributed by atoms with Crippen molar-refractivity contribution in [1.29, 1.82) is 5.26 Å². The van der Waals surface area contributed by atoms with E-state index in [2.05, 4.69) is 47.7 Å². The predicted molar refractivity (Wildman–Crippen MR) is 79.5 cm³/mol. The van der Waals surface area contributed by atoms with Gasteiger partial charge in [0.05, 0.1) is 6.07 Å². The van der Waals surface area contributed by atoms with Crippen LogP contribution in [0.5, 0.6) is 0 Å². The van der Waals surface area contributed by atoms with Crippen LogP contribution in [0.2, 0.25) is 0 Å². The number of nitrogens with zero attached hydrogens (tertiary/aromatic N) is 1. The van der Waals surface area contributed by atoms with Gasteiger partial charge in [0.15, 0.2) is 0 Å². The van der Waals surface area contributed by atoms with Gasteiger partial charge in [-0.15, -0.1) is 0 Å². The van der Waals surface area contributed by atoms with Crippen LogP contribution < -0.4 is 5.32 Å². The zero-order valence-electron chi connectivity index (χ0n) is 11.7. The first kappa shape index (κ1) is 12.0. The van der Waals surface area contributed by atoms with E-state index in [9.17, 15) is 0 Å². The lowest BCUT2D eigenvalue weighted by molar-refractivity contribution is 0.176. The summed E-state index contributed by atoms with van der Waals surface area (Å²) in [5, 5.41) is 14.2. The fraction of sp³-hybridized carbons (Fsp3) is 0.471. The molecule has 2 heterocycles. The van der Waals surface area contributed by atoms with Crippen LogP contribution >= 0.6 is 0 Å². The molecule has 1 fully saturated rings. The Hall–Kier alpha value is -1.79. The maximum absolute atomic E-state index is 9.07. The van der Waals surface area contributed by atoms with Crippen molar-refractivity contribution in [3.05, 3.63) is 35.5 Å². The van der Waals surface area contributed by atoms with Crippen molar-refractivity contribution >= 4 is 10.9 Å². The van der Waals surface area contributed by atoms with Gasteiger partial charge in [-0.05, 0) is 35.4 Å². The standard InChI is InChI=1S/C17H19N3/c1-17(5-6-18)8-13-12-3-2-4-14-16(12)11(9-19-14)7-15(13)20-10-17/h2-4,9,13,15,19-20H,5,7-8,10H2,1H3/t13-,15-,17?/m1/s1. The highest BCUT2D eigenvalue weighted by Gasteiger charge is 2.41. The van der Waals surface area contributed by atoms with E-state index in [1.807, 2.05) is 0 Å². The average Bonchev–Trinajstić information content (AvgIpc) is 2.85. The molecule has 2 aliphatic rings. The third kappa shape index (κ3) is 1.61. The molecule has 1 aliphatic carbocycles. The van der Waals surface area contributed by atoms with Crippen molar-refractivity contribution < 1.29 is 0 Å². The van der Waals surface area contributed by atoms with Crippen molar-refractivity contribution in [2.45, 2.75) is 38.1 Å². The summed E-state index contributed by atoms with van der Waals surface area (Å²) in [7, 11) is 0. The van der Waals surface area contributed by atoms with Crippen molar-refractivity contribution in [2.75, 3.05) is 6.54 Å². The fourth-order valence-corrected chi connectivity index (χ4v) is 4.12. The van der Waals surface area contributed by atoms with E-state index in [0.717, 1.165) is 19.4 Å². The van der Waals surface area contributed by atoms with Gasteiger partial charge < -0.3 is 10.3 Å². The number of nitrogens with one attached hydrogen (secondary N) is 2. The Bertz CT molecular complexity index is 709. The second kappa shape index (κ2) is 4.10. The van der Waals surface area contributed by atoms with E-state index in [1.54, 1.807) is 0 Å². The molecule has 0 saturated carbocycles. The van der Waals surface area contributed by atoms with Crippen LogP contribution in [0.1, 0.15) is 36.8 Å². The zero-order chi connectivity index (χ0) is 13.7. The quantitative estimate of drug-likeness (QED) is 0.832. The number of aromatic amines is 1. The smallest absolute Gasteiger partial charge is 0.0627 e. The first-order chi connectivity index (χ1) is 9.70. The van der Waals surface area contributed by atoms with E-state index < -0.39 is 0 Å². The van der Waals surface area contributed by atoms with Crippen LogP contribution in [0.15, 0.2) is 24.4 Å². The van der Waals surface area contributed by atoms with Crippen molar-refractivity contribution in [1.82, 2.24) is 10.3 Å². The predicted octanol–water partition coefficient (Wildman–Crippen LogP) is 3.09. The minimum absolute atomic E-state index is 0.103. The molecule has 0 spiro atoms. The molecular formula is C17H19N3. The van der Waals surface area contributed by atoms with Gasteiger partial charge in [-0.2, -0.15) is 5.26 Å². The van der Waals surface area contributed by atoms with Crippen molar-refractivity contribution in [2.24, 2.45) is 5.41 Å². The highest BCUT2D eigenvalue weighted by atomic mass is 15.0. The Labute approximate surface area is 119 Å². The summed E-state index contributed by atoms with van der Waals surface area (Å²) in [6.45, 7) is 3.20. The number of H-pyrrole nitrogens is 1. The van der Waals surface area contributed by atoms with Gasteiger partial charge in [0.2, 0.25) is 0 Å². The summed E-state index contributed by atoms with van der Waals surface area (Å²) >= 11 is 0. The molecule has 102 valence electrons. The lowest BCUT2D eigenvalue weighted by atomic mass is 9.67. The zero-order valence-corrected chi connectivity index (χ0v) is 11.7. The number of piperidine rings is 1. The normalized spacial score (nSPS) is 31.8. The number of hydrogen-bond acceptors (Lipinski definition) is 2. The molecule has 3 heteroatoms. The van der Waals surface area contributed by atoms with Crippen LogP contribution in [0.3, 0.4) is 0 Å². The highest BCUT2D eigenvalue weighted by Crippen LogP contribution is 2.46. The van der Waals surface area contributed by atoms with Gasteiger partial charge in [0.25, 0.3) is 0 Å². The van der Waals surface area contributed by atoms with Gasteiger partial charge in [-0.3, -0.25) is 0 Å². The van der Waals surface area contributed by atoms with Gasteiger partial charge in [-0.25, -0.2) is 0 Å². The summed E-state index contributed by atoms with van der Waals surface area (Å²) in [4.78, 5) is 3.40. The average molecular weight is 265 g/mol. The summed E-state index contributed by atoms with van der Waals surface area (Å²) in [6.07, 6.45) is 5.01. The molecule has 20 heavy (non-hydrogen) atoms. The molecule has 1 aliphatic heterocycles. The number of hydrogen-bond donors (Lipinski definition) is 2. The van der Waals surface area contributed by atoms with Crippen LogP contribution in [0.4, 0.5) is 0 Å². The molecule has 1 saturated heterocycles. The van der Waals surface area contributed by atoms with Crippen LogP contribution in [-0.2, 0) is 6.42 Å². The van der Waals surface area contributed by atoms with E-state index in [1.165, 1.54) is 22.0 Å². The molecule has 0 bridgehead atoms. The number of fused-ring (bicyclic) bond motifs is 2. The second-order valence-corrected chi connectivity index (χ2v) is 6.73. The van der Waals surface area contributed by atoms with Crippen LogP contribution in [0.25, 0.3) is 10.9 Å². The van der Waals surface area contributed by atoms with Gasteiger partial charge >= 0.3 is 0 Å². The Balaban J connectivity index is 1.81. The third-order valence-corrected chi connectivity index (χ3v) is 5.15. The first-order valence-electron chi connectivity index (χ1n) is 7.39. The Morgan fingerprint density at radius 3 is 3.20 bits per heavy atom. The summed E-state index contributed by atoms with van der Waals surface area (Å²) in [5.74, 6) is 0.536. The Morgan fingerprint density at radius 1 is 1.45 bits per heavy atom. The fourth-order valence-electron chi connectivity index (χ4n) is 4.12. The molecule has 3 nitrogen and oxygen atoms in total. The second-order valence-electron chi connectivity index (χ2n) is 6.73. The third-order valence-electron chi connectivity index (χ3n) is 5.15. The van der Waals surface area contributed by atoms with Crippen molar-refractivity contribution in [3.8, 4) is 6.07 Å². The van der Waals surface area contributed by atoms with Gasteiger partial charge in [0.1, 0.15) is 0 Å². The Morgan fingerprint density at radius 2 is 2.35 bits per heavy atom. The largest absolute Gasteiger partial charge is 0.361 e. The van der Waals surface area contributed by atoms with E-state index in [0.29, 0.717) is 18.4 Å². The number of nitriles is 1. The summed E-state index contributed by atoms with van der Waals surface area (Å²) in [6, 6.07) is 9.47. The molecule has 1 unspecified atom stereocenters. The number of aromatic nitrogens is 1. The van der Waals surface area contributed by atoms with E-state index >= 15 is 0 Å². The molecule has 0 radical (unpaired) electrons. The molecule has 1 aromatic heterocycles. The lowest BCUT2D eigenvalue weighted by Gasteiger charge is -2.45. The maximum atomic E-state index is 9.07. The molecule has 4 rings (SSSR count). The molecular weight excluding hydrogens is 246 g/mol. The highest BCUT2D eigenvalue weighted by molar-refractivity contribution is 5.88. The lowest BCUT2D eigenvalue weighted by Crippen LogP contribution is -2.50. The van der Waals surface area contributed by atoms with Crippen LogP contribution in [-0.4, -0.2) is 17.6 Å². The SMILES string of the molecule is CC1(CC#N)CN[C@@H]2Cc3c[nH]c4cccc(c34)[C@H]2C1. The Kier molecular flexibility index (Phi) is 2.46. The minimum Gasteiger partial charge on any atom is -0.361 e. The topological polar surface area (TPSA) is 51.6 Å². The van der Waals surface area contributed by atoms with Gasteiger partial charge in [0, 0.05) is 42.0 Å². The molecule has 3 atom stereocenters. The van der Waals surface area contributed by atoms with E-state index in [4.69, 9.17) is 5.26 Å². The summed E-state index contributed by atoms with van der Waals surface area (Å²) < 4.78 is 0. The van der Waals surface area contributed by atoms with Crippen LogP contribution in [0, 0.1) is 16.7 Å². The number of benzene rings is 1.